The molecule has 0 spiro atoms. The highest BCUT2D eigenvalue weighted by Crippen LogP contribution is 2.09. The smallest absolute Gasteiger partial charge is 0.269 e. The molecule has 5 nitrogen and oxygen atoms in total. The molecule has 2 rings (SSSR count). The van der Waals surface area contributed by atoms with Crippen LogP contribution in [0.2, 0.25) is 0 Å². The second-order valence-electron chi connectivity index (χ2n) is 3.31. The van der Waals surface area contributed by atoms with E-state index in [1.165, 1.54) is 0 Å². The number of carbonyl (C=O) groups excluding carboxylic acids is 1. The zero-order valence-corrected chi connectivity index (χ0v) is 8.68. The monoisotopic (exact) mass is 216 g/mol. The van der Waals surface area contributed by atoms with E-state index in [0.29, 0.717) is 18.8 Å². The van der Waals surface area contributed by atoms with Crippen LogP contribution in [0.5, 0.6) is 0 Å². The predicted octanol–water partition coefficient (Wildman–Crippen LogP) is 0.318. The largest absolute Gasteiger partial charge is 0.349 e. The van der Waals surface area contributed by atoms with E-state index in [-0.39, 0.29) is 5.91 Å². The van der Waals surface area contributed by atoms with Crippen LogP contribution in [-0.4, -0.2) is 29.0 Å². The minimum atomic E-state index is -0.204. The SMILES string of the molecule is NCCNC(=O)c1ccc2cnccc2n1. The van der Waals surface area contributed by atoms with Gasteiger partial charge in [-0.1, -0.05) is 0 Å². The molecule has 0 saturated heterocycles. The second-order valence-corrected chi connectivity index (χ2v) is 3.31. The molecule has 0 atom stereocenters. The number of nitrogens with zero attached hydrogens (tertiary/aromatic N) is 2. The van der Waals surface area contributed by atoms with E-state index in [4.69, 9.17) is 5.73 Å². The van der Waals surface area contributed by atoms with Gasteiger partial charge in [0.1, 0.15) is 5.69 Å². The zero-order chi connectivity index (χ0) is 11.4. The summed E-state index contributed by atoms with van der Waals surface area (Å²) in [6, 6.07) is 5.28. The van der Waals surface area contributed by atoms with Crippen molar-refractivity contribution in [2.45, 2.75) is 0 Å². The number of nitrogens with one attached hydrogen (secondary N) is 1. The molecule has 5 heteroatoms. The Morgan fingerprint density at radius 2 is 2.25 bits per heavy atom. The lowest BCUT2D eigenvalue weighted by atomic mass is 10.2. The number of hydrogen-bond donors (Lipinski definition) is 2. The fraction of sp³-hybridized carbons (Fsp3) is 0.182. The first-order chi connectivity index (χ1) is 7.81. The van der Waals surface area contributed by atoms with Crippen LogP contribution in [0.25, 0.3) is 10.9 Å². The standard InChI is InChI=1S/C11H12N4O/c12-4-6-14-11(16)10-2-1-8-7-13-5-3-9(8)15-10/h1-3,5,7H,4,6,12H2,(H,14,16). The van der Waals surface area contributed by atoms with E-state index >= 15 is 0 Å². The number of fused-ring (bicyclic) bond motifs is 1. The Labute approximate surface area is 92.7 Å². The predicted molar refractivity (Wildman–Crippen MR) is 60.9 cm³/mol. The molecule has 2 aromatic heterocycles. The Morgan fingerprint density at radius 1 is 1.38 bits per heavy atom. The molecule has 3 N–H and O–H groups in total. The van der Waals surface area contributed by atoms with Crippen LogP contribution in [0.4, 0.5) is 0 Å². The van der Waals surface area contributed by atoms with E-state index < -0.39 is 0 Å². The van der Waals surface area contributed by atoms with E-state index in [9.17, 15) is 4.79 Å². The van der Waals surface area contributed by atoms with Gasteiger partial charge in [-0.2, -0.15) is 0 Å². The molecule has 0 aliphatic heterocycles. The zero-order valence-electron chi connectivity index (χ0n) is 8.68. The van der Waals surface area contributed by atoms with Gasteiger partial charge in [0.15, 0.2) is 0 Å². The van der Waals surface area contributed by atoms with Gasteiger partial charge in [0.25, 0.3) is 5.91 Å². The lowest BCUT2D eigenvalue weighted by molar-refractivity contribution is 0.0950. The highest BCUT2D eigenvalue weighted by molar-refractivity contribution is 5.94. The van der Waals surface area contributed by atoms with E-state index in [2.05, 4.69) is 15.3 Å². The number of pyridine rings is 2. The molecule has 0 aromatic carbocycles. The van der Waals surface area contributed by atoms with Gasteiger partial charge in [0.2, 0.25) is 0 Å². The lowest BCUT2D eigenvalue weighted by Gasteiger charge is -2.03. The Kier molecular flexibility index (Phi) is 3.07. The van der Waals surface area contributed by atoms with Crippen molar-refractivity contribution in [3.8, 4) is 0 Å². The lowest BCUT2D eigenvalue weighted by Crippen LogP contribution is -2.29. The van der Waals surface area contributed by atoms with E-state index in [1.54, 1.807) is 24.5 Å². The van der Waals surface area contributed by atoms with Crippen molar-refractivity contribution in [2.24, 2.45) is 5.73 Å². The summed E-state index contributed by atoms with van der Waals surface area (Å²) in [5.41, 5.74) is 6.46. The third kappa shape index (κ3) is 2.14. The van der Waals surface area contributed by atoms with Gasteiger partial charge in [-0.25, -0.2) is 4.98 Å². The summed E-state index contributed by atoms with van der Waals surface area (Å²) in [5.74, 6) is -0.204. The van der Waals surface area contributed by atoms with Crippen LogP contribution in [0.1, 0.15) is 10.5 Å². The molecule has 1 amide bonds. The summed E-state index contributed by atoms with van der Waals surface area (Å²) < 4.78 is 0. The fourth-order valence-electron chi connectivity index (χ4n) is 1.37. The van der Waals surface area contributed by atoms with Gasteiger partial charge in [-0.05, 0) is 18.2 Å². The van der Waals surface area contributed by atoms with Crippen molar-refractivity contribution in [2.75, 3.05) is 13.1 Å². The van der Waals surface area contributed by atoms with Gasteiger partial charge in [0.05, 0.1) is 5.52 Å². The summed E-state index contributed by atoms with van der Waals surface area (Å²) in [4.78, 5) is 19.8. The average Bonchev–Trinajstić information content (AvgIpc) is 2.35. The first-order valence-corrected chi connectivity index (χ1v) is 5.00. The van der Waals surface area contributed by atoms with Crippen molar-refractivity contribution in [1.29, 1.82) is 0 Å². The van der Waals surface area contributed by atoms with Crippen LogP contribution < -0.4 is 11.1 Å². The number of rotatable bonds is 3. The molecule has 0 saturated carbocycles. The number of hydrogen-bond acceptors (Lipinski definition) is 4. The topological polar surface area (TPSA) is 80.9 Å². The van der Waals surface area contributed by atoms with Gasteiger partial charge in [-0.3, -0.25) is 9.78 Å². The van der Waals surface area contributed by atoms with Crippen molar-refractivity contribution < 1.29 is 4.79 Å². The first kappa shape index (κ1) is 10.5. The quantitative estimate of drug-likeness (QED) is 0.774. The second kappa shape index (κ2) is 4.67. The van der Waals surface area contributed by atoms with Crippen LogP contribution >= 0.6 is 0 Å². The number of nitrogens with two attached hydrogens (primary N) is 1. The minimum Gasteiger partial charge on any atom is -0.349 e. The summed E-state index contributed by atoms with van der Waals surface area (Å²) in [5, 5.41) is 3.59. The maximum atomic E-state index is 11.6. The van der Waals surface area contributed by atoms with Gasteiger partial charge < -0.3 is 11.1 Å². The van der Waals surface area contributed by atoms with Crippen molar-refractivity contribution in [3.63, 3.8) is 0 Å². The van der Waals surface area contributed by atoms with E-state index in [0.717, 1.165) is 10.9 Å². The minimum absolute atomic E-state index is 0.204. The maximum absolute atomic E-state index is 11.6. The Bertz CT molecular complexity index is 512. The third-order valence-corrected chi connectivity index (χ3v) is 2.15. The number of carbonyl (C=O) groups is 1. The molecule has 0 radical (unpaired) electrons. The van der Waals surface area contributed by atoms with Crippen molar-refractivity contribution in [1.82, 2.24) is 15.3 Å². The Balaban J connectivity index is 2.28. The molecule has 0 bridgehead atoms. The average molecular weight is 216 g/mol. The molecular weight excluding hydrogens is 204 g/mol. The van der Waals surface area contributed by atoms with Crippen LogP contribution in [-0.2, 0) is 0 Å². The summed E-state index contributed by atoms with van der Waals surface area (Å²) >= 11 is 0. The number of amides is 1. The van der Waals surface area contributed by atoms with Gasteiger partial charge in [0, 0.05) is 30.9 Å². The highest BCUT2D eigenvalue weighted by atomic mass is 16.1. The molecule has 0 unspecified atom stereocenters. The Morgan fingerprint density at radius 3 is 3.06 bits per heavy atom. The summed E-state index contributed by atoms with van der Waals surface area (Å²) in [7, 11) is 0. The molecule has 2 heterocycles. The summed E-state index contributed by atoms with van der Waals surface area (Å²) in [6.45, 7) is 0.873. The molecule has 0 fully saturated rings. The fourth-order valence-corrected chi connectivity index (χ4v) is 1.37. The molecular formula is C11H12N4O. The van der Waals surface area contributed by atoms with Crippen LogP contribution in [0.3, 0.4) is 0 Å². The first-order valence-electron chi connectivity index (χ1n) is 5.00. The highest BCUT2D eigenvalue weighted by Gasteiger charge is 2.06. The third-order valence-electron chi connectivity index (χ3n) is 2.15. The van der Waals surface area contributed by atoms with Gasteiger partial charge in [-0.15, -0.1) is 0 Å². The molecule has 0 aliphatic carbocycles. The van der Waals surface area contributed by atoms with Crippen LogP contribution in [0.15, 0.2) is 30.6 Å². The molecule has 2 aromatic rings. The molecule has 0 aliphatic rings. The Hall–Kier alpha value is -2.01. The van der Waals surface area contributed by atoms with Crippen LogP contribution in [0, 0.1) is 0 Å². The molecule has 16 heavy (non-hydrogen) atoms. The van der Waals surface area contributed by atoms with Gasteiger partial charge >= 0.3 is 0 Å². The van der Waals surface area contributed by atoms with E-state index in [1.807, 2.05) is 6.07 Å². The van der Waals surface area contributed by atoms with Crippen molar-refractivity contribution in [3.05, 3.63) is 36.3 Å². The number of aromatic nitrogens is 2. The normalized spacial score (nSPS) is 10.3. The van der Waals surface area contributed by atoms with Crippen molar-refractivity contribution >= 4 is 16.8 Å². The molecule has 82 valence electrons. The maximum Gasteiger partial charge on any atom is 0.269 e. The summed E-state index contributed by atoms with van der Waals surface area (Å²) in [6.07, 6.45) is 3.36.